The van der Waals surface area contributed by atoms with Crippen molar-refractivity contribution in [1.29, 1.82) is 0 Å². The first kappa shape index (κ1) is 20.0. The van der Waals surface area contributed by atoms with Crippen LogP contribution in [0.2, 0.25) is 0 Å². The monoisotopic (exact) mass is 476 g/mol. The summed E-state index contributed by atoms with van der Waals surface area (Å²) in [7, 11) is 0. The van der Waals surface area contributed by atoms with Gasteiger partial charge in [-0.05, 0) is 53.9 Å². The fourth-order valence-corrected chi connectivity index (χ4v) is 4.61. The van der Waals surface area contributed by atoms with Crippen molar-refractivity contribution in [2.24, 2.45) is 5.92 Å². The van der Waals surface area contributed by atoms with Gasteiger partial charge in [-0.1, -0.05) is 65.3 Å². The van der Waals surface area contributed by atoms with Crippen molar-refractivity contribution in [3.8, 4) is 0 Å². The predicted molar refractivity (Wildman–Crippen MR) is 122 cm³/mol. The number of anilines is 2. The zero-order chi connectivity index (χ0) is 21.5. The number of carbonyl (C=O) groups excluding carboxylic acids is 2. The van der Waals surface area contributed by atoms with Crippen LogP contribution in [0.25, 0.3) is 0 Å². The van der Waals surface area contributed by atoms with E-state index in [-0.39, 0.29) is 11.8 Å². The number of amides is 2. The third-order valence-electron chi connectivity index (χ3n) is 5.94. The summed E-state index contributed by atoms with van der Waals surface area (Å²) in [5, 5.41) is 1.73. The summed E-state index contributed by atoms with van der Waals surface area (Å²) >= 11 is 3.40. The highest BCUT2D eigenvalue weighted by molar-refractivity contribution is 9.10. The van der Waals surface area contributed by atoms with E-state index in [4.69, 9.17) is 4.84 Å². The molecule has 0 bridgehead atoms. The molecule has 2 aliphatic rings. The van der Waals surface area contributed by atoms with Crippen LogP contribution < -0.4 is 9.96 Å². The largest absolute Gasteiger partial charge is 0.273 e. The third-order valence-corrected chi connectivity index (χ3v) is 6.47. The summed E-state index contributed by atoms with van der Waals surface area (Å²) in [5.74, 6) is -1.19. The van der Waals surface area contributed by atoms with E-state index in [0.29, 0.717) is 5.69 Å². The van der Waals surface area contributed by atoms with Gasteiger partial charge in [-0.3, -0.25) is 14.4 Å². The zero-order valence-corrected chi connectivity index (χ0v) is 18.5. The quantitative estimate of drug-likeness (QED) is 0.493. The molecule has 2 saturated heterocycles. The summed E-state index contributed by atoms with van der Waals surface area (Å²) in [5.41, 5.74) is 3.54. The van der Waals surface area contributed by atoms with Crippen molar-refractivity contribution in [3.63, 3.8) is 0 Å². The number of hydrogen-bond donors (Lipinski definition) is 0. The Morgan fingerprint density at radius 1 is 0.839 bits per heavy atom. The molecule has 0 spiro atoms. The fraction of sp³-hybridized carbons (Fsp3) is 0.200. The molecule has 2 heterocycles. The second kappa shape index (κ2) is 7.94. The summed E-state index contributed by atoms with van der Waals surface area (Å²) < 4.78 is 0.885. The van der Waals surface area contributed by atoms with Crippen LogP contribution in [0.5, 0.6) is 0 Å². The van der Waals surface area contributed by atoms with E-state index in [1.54, 1.807) is 17.2 Å². The SMILES string of the molecule is CCc1ccc([C@@H]2[C@@H]3C(=O)N(c4ccc(Br)cc4)C(=O)[C@H]3ON2c2ccccc2)cc1. The van der Waals surface area contributed by atoms with Crippen LogP contribution in [-0.2, 0) is 20.8 Å². The van der Waals surface area contributed by atoms with Crippen molar-refractivity contribution >= 4 is 39.1 Å². The summed E-state index contributed by atoms with van der Waals surface area (Å²) in [4.78, 5) is 34.3. The maximum Gasteiger partial charge on any atom is 0.266 e. The van der Waals surface area contributed by atoms with Crippen molar-refractivity contribution in [2.75, 3.05) is 9.96 Å². The van der Waals surface area contributed by atoms with Gasteiger partial charge < -0.3 is 0 Å². The molecule has 5 rings (SSSR count). The van der Waals surface area contributed by atoms with Crippen molar-refractivity contribution < 1.29 is 14.4 Å². The number of hydrogen-bond acceptors (Lipinski definition) is 4. The van der Waals surface area contributed by atoms with Gasteiger partial charge in [0.15, 0.2) is 6.10 Å². The fourth-order valence-electron chi connectivity index (χ4n) is 4.35. The Balaban J connectivity index is 1.57. The van der Waals surface area contributed by atoms with Gasteiger partial charge in [0.05, 0.1) is 17.4 Å². The molecule has 0 aromatic heterocycles. The number of carbonyl (C=O) groups is 2. The molecular weight excluding hydrogens is 456 g/mol. The lowest BCUT2D eigenvalue weighted by Crippen LogP contribution is -2.37. The Labute approximate surface area is 189 Å². The van der Waals surface area contributed by atoms with Crippen LogP contribution in [0.3, 0.4) is 0 Å². The maximum absolute atomic E-state index is 13.6. The zero-order valence-electron chi connectivity index (χ0n) is 16.9. The number of fused-ring (bicyclic) bond motifs is 1. The minimum absolute atomic E-state index is 0.236. The van der Waals surface area contributed by atoms with E-state index in [2.05, 4.69) is 35.0 Å². The molecule has 31 heavy (non-hydrogen) atoms. The van der Waals surface area contributed by atoms with Crippen molar-refractivity contribution in [2.45, 2.75) is 25.5 Å². The van der Waals surface area contributed by atoms with Crippen LogP contribution in [0.4, 0.5) is 11.4 Å². The third kappa shape index (κ3) is 3.36. The van der Waals surface area contributed by atoms with Gasteiger partial charge in [0.1, 0.15) is 5.92 Å². The number of hydroxylamine groups is 1. The molecule has 0 aliphatic carbocycles. The molecule has 3 aromatic carbocycles. The van der Waals surface area contributed by atoms with Crippen molar-refractivity contribution in [3.05, 3.63) is 94.5 Å². The summed E-state index contributed by atoms with van der Waals surface area (Å²) in [6.45, 7) is 2.11. The number of aryl methyl sites for hydroxylation is 1. The lowest BCUT2D eigenvalue weighted by molar-refractivity contribution is -0.126. The van der Waals surface area contributed by atoms with E-state index in [1.807, 2.05) is 54.6 Å². The van der Waals surface area contributed by atoms with Gasteiger partial charge in [0, 0.05) is 4.47 Å². The molecule has 0 unspecified atom stereocenters. The van der Waals surface area contributed by atoms with Crippen LogP contribution in [0, 0.1) is 5.92 Å². The van der Waals surface area contributed by atoms with E-state index < -0.39 is 18.1 Å². The molecule has 0 saturated carbocycles. The van der Waals surface area contributed by atoms with Gasteiger partial charge in [-0.25, -0.2) is 9.96 Å². The average molecular weight is 477 g/mol. The van der Waals surface area contributed by atoms with Crippen LogP contribution in [0.1, 0.15) is 24.1 Å². The summed E-state index contributed by atoms with van der Waals surface area (Å²) in [6.07, 6.45) is 0.0807. The Morgan fingerprint density at radius 2 is 1.52 bits per heavy atom. The van der Waals surface area contributed by atoms with Gasteiger partial charge in [-0.2, -0.15) is 0 Å². The van der Waals surface area contributed by atoms with Gasteiger partial charge in [-0.15, -0.1) is 0 Å². The molecule has 2 amide bonds. The van der Waals surface area contributed by atoms with Crippen molar-refractivity contribution in [1.82, 2.24) is 0 Å². The number of benzene rings is 3. The lowest BCUT2D eigenvalue weighted by Gasteiger charge is -2.28. The standard InChI is InChI=1S/C25H21BrN2O3/c1-2-16-8-10-17(11-9-16)22-21-23(31-28(22)20-6-4-3-5-7-20)25(30)27(24(21)29)19-14-12-18(26)13-15-19/h3-15,21-23H,2H2,1H3/t21-,22+,23-/m0/s1. The molecule has 6 heteroatoms. The number of halogens is 1. The highest BCUT2D eigenvalue weighted by Crippen LogP contribution is 2.47. The molecule has 156 valence electrons. The first-order valence-corrected chi connectivity index (χ1v) is 11.1. The van der Waals surface area contributed by atoms with E-state index in [9.17, 15) is 9.59 Å². The Bertz CT molecular complexity index is 1120. The number of para-hydroxylation sites is 1. The average Bonchev–Trinajstić information content (AvgIpc) is 3.31. The second-order valence-electron chi connectivity index (χ2n) is 7.74. The van der Waals surface area contributed by atoms with Crippen LogP contribution >= 0.6 is 15.9 Å². The van der Waals surface area contributed by atoms with Gasteiger partial charge >= 0.3 is 0 Å². The van der Waals surface area contributed by atoms with Crippen LogP contribution in [0.15, 0.2) is 83.3 Å². The molecule has 3 atom stereocenters. The first-order chi connectivity index (χ1) is 15.1. The molecule has 0 N–H and O–H groups in total. The minimum Gasteiger partial charge on any atom is -0.273 e. The number of nitrogens with zero attached hydrogens (tertiary/aromatic N) is 2. The molecular formula is C25H21BrN2O3. The molecule has 0 radical (unpaired) electrons. The molecule has 5 nitrogen and oxygen atoms in total. The van der Waals surface area contributed by atoms with E-state index >= 15 is 0 Å². The number of rotatable bonds is 4. The Morgan fingerprint density at radius 3 is 2.16 bits per heavy atom. The van der Waals surface area contributed by atoms with Gasteiger partial charge in [0.2, 0.25) is 5.91 Å². The Kier molecular flexibility index (Phi) is 5.12. The minimum atomic E-state index is -0.854. The van der Waals surface area contributed by atoms with Crippen LogP contribution in [-0.4, -0.2) is 17.9 Å². The van der Waals surface area contributed by atoms with E-state index in [0.717, 1.165) is 22.1 Å². The maximum atomic E-state index is 13.6. The lowest BCUT2D eigenvalue weighted by atomic mass is 9.90. The smallest absolute Gasteiger partial charge is 0.266 e. The topological polar surface area (TPSA) is 49.9 Å². The predicted octanol–water partition coefficient (Wildman–Crippen LogP) is 5.06. The normalized spacial score (nSPS) is 22.8. The Hall–Kier alpha value is -2.96. The number of imide groups is 1. The highest BCUT2D eigenvalue weighted by Gasteiger charge is 2.60. The molecule has 2 fully saturated rings. The molecule has 2 aliphatic heterocycles. The highest BCUT2D eigenvalue weighted by atomic mass is 79.9. The summed E-state index contributed by atoms with van der Waals surface area (Å²) in [6, 6.07) is 24.6. The van der Waals surface area contributed by atoms with Gasteiger partial charge in [0.25, 0.3) is 5.91 Å². The first-order valence-electron chi connectivity index (χ1n) is 10.3. The van der Waals surface area contributed by atoms with E-state index in [1.165, 1.54) is 10.5 Å². The second-order valence-corrected chi connectivity index (χ2v) is 8.66. The molecule has 3 aromatic rings.